The molecule has 0 saturated heterocycles. The van der Waals surface area contributed by atoms with Gasteiger partial charge in [0.15, 0.2) is 0 Å². The summed E-state index contributed by atoms with van der Waals surface area (Å²) in [6, 6.07) is 3.45. The van der Waals surface area contributed by atoms with Gasteiger partial charge in [0.05, 0.1) is 6.20 Å². The molecule has 0 atom stereocenters. The molecule has 2 heterocycles. The molecular formula is C10H14Cl2FN3. The smallest absolute Gasteiger partial charge is 0.142 e. The van der Waals surface area contributed by atoms with Gasteiger partial charge in [-0.05, 0) is 19.2 Å². The van der Waals surface area contributed by atoms with Gasteiger partial charge in [-0.3, -0.25) is 0 Å². The van der Waals surface area contributed by atoms with Crippen LogP contribution in [0.5, 0.6) is 0 Å². The van der Waals surface area contributed by atoms with Crippen molar-refractivity contribution in [1.82, 2.24) is 14.9 Å². The SMILES string of the molecule is CNCc1cc2cc(F)cnc2n1C.Cl.Cl. The lowest BCUT2D eigenvalue weighted by atomic mass is 10.3. The Morgan fingerprint density at radius 1 is 1.38 bits per heavy atom. The van der Waals surface area contributed by atoms with Gasteiger partial charge in [0.25, 0.3) is 0 Å². The van der Waals surface area contributed by atoms with Gasteiger partial charge in [-0.2, -0.15) is 0 Å². The van der Waals surface area contributed by atoms with E-state index in [1.54, 1.807) is 0 Å². The van der Waals surface area contributed by atoms with Crippen molar-refractivity contribution in [2.45, 2.75) is 6.54 Å². The first-order valence-electron chi connectivity index (χ1n) is 4.47. The molecule has 0 aromatic carbocycles. The summed E-state index contributed by atoms with van der Waals surface area (Å²) in [4.78, 5) is 4.04. The average Bonchev–Trinajstić information content (AvgIpc) is 2.44. The van der Waals surface area contributed by atoms with Crippen LogP contribution < -0.4 is 5.32 Å². The number of halogens is 3. The van der Waals surface area contributed by atoms with E-state index in [0.29, 0.717) is 0 Å². The van der Waals surface area contributed by atoms with Gasteiger partial charge < -0.3 is 9.88 Å². The number of fused-ring (bicyclic) bond motifs is 1. The Bertz CT molecular complexity index is 470. The molecule has 0 aliphatic heterocycles. The second-order valence-corrected chi connectivity index (χ2v) is 3.29. The Labute approximate surface area is 106 Å². The molecule has 90 valence electrons. The highest BCUT2D eigenvalue weighted by Gasteiger charge is 2.06. The number of rotatable bonds is 2. The second kappa shape index (κ2) is 6.03. The van der Waals surface area contributed by atoms with Crippen LogP contribution in [0, 0.1) is 5.82 Å². The number of hydrogen-bond acceptors (Lipinski definition) is 2. The van der Waals surface area contributed by atoms with Crippen molar-refractivity contribution < 1.29 is 4.39 Å². The topological polar surface area (TPSA) is 29.9 Å². The van der Waals surface area contributed by atoms with E-state index in [1.165, 1.54) is 12.3 Å². The van der Waals surface area contributed by atoms with E-state index in [2.05, 4.69) is 10.3 Å². The van der Waals surface area contributed by atoms with Crippen molar-refractivity contribution >= 4 is 35.8 Å². The van der Waals surface area contributed by atoms with Gasteiger partial charge in [-0.15, -0.1) is 24.8 Å². The molecule has 1 N–H and O–H groups in total. The lowest BCUT2D eigenvalue weighted by molar-refractivity contribution is 0.623. The summed E-state index contributed by atoms with van der Waals surface area (Å²) in [6.45, 7) is 0.758. The summed E-state index contributed by atoms with van der Waals surface area (Å²) < 4.78 is 14.8. The summed E-state index contributed by atoms with van der Waals surface area (Å²) in [5.41, 5.74) is 1.91. The number of nitrogens with zero attached hydrogens (tertiary/aromatic N) is 2. The van der Waals surface area contributed by atoms with E-state index in [0.717, 1.165) is 23.3 Å². The molecule has 2 rings (SSSR count). The minimum absolute atomic E-state index is 0. The molecule has 6 heteroatoms. The molecular weight excluding hydrogens is 252 g/mol. The number of hydrogen-bond donors (Lipinski definition) is 1. The van der Waals surface area contributed by atoms with Gasteiger partial charge in [0.2, 0.25) is 0 Å². The first kappa shape index (κ1) is 15.2. The molecule has 0 radical (unpaired) electrons. The average molecular weight is 266 g/mol. The Hall–Kier alpha value is -0.840. The zero-order valence-electron chi connectivity index (χ0n) is 9.03. The van der Waals surface area contributed by atoms with Gasteiger partial charge in [-0.25, -0.2) is 9.37 Å². The largest absolute Gasteiger partial charge is 0.331 e. The van der Waals surface area contributed by atoms with Crippen molar-refractivity contribution in [1.29, 1.82) is 0 Å². The molecule has 0 fully saturated rings. The van der Waals surface area contributed by atoms with Gasteiger partial charge in [-0.1, -0.05) is 0 Å². The standard InChI is InChI=1S/C10H12FN3.2ClH/c1-12-6-9-4-7-3-8(11)5-13-10(7)14(9)2;;/h3-5,12H,6H2,1-2H3;2*1H. The van der Waals surface area contributed by atoms with E-state index in [9.17, 15) is 4.39 Å². The van der Waals surface area contributed by atoms with Gasteiger partial charge in [0, 0.05) is 24.7 Å². The maximum Gasteiger partial charge on any atom is 0.142 e. The van der Waals surface area contributed by atoms with Crippen LogP contribution >= 0.6 is 24.8 Å². The first-order chi connectivity index (χ1) is 6.72. The maximum atomic E-state index is 12.9. The van der Waals surface area contributed by atoms with Crippen LogP contribution in [0.4, 0.5) is 4.39 Å². The number of aromatic nitrogens is 2. The van der Waals surface area contributed by atoms with Gasteiger partial charge in [0.1, 0.15) is 11.5 Å². The third-order valence-electron chi connectivity index (χ3n) is 2.29. The molecule has 0 amide bonds. The van der Waals surface area contributed by atoms with Crippen LogP contribution in [0.2, 0.25) is 0 Å². The van der Waals surface area contributed by atoms with Crippen LogP contribution in [0.15, 0.2) is 18.3 Å². The number of aryl methyl sites for hydroxylation is 1. The van der Waals surface area contributed by atoms with Crippen molar-refractivity contribution in [3.8, 4) is 0 Å². The molecule has 2 aromatic heterocycles. The fourth-order valence-corrected chi connectivity index (χ4v) is 1.60. The zero-order chi connectivity index (χ0) is 10.1. The number of nitrogens with one attached hydrogen (secondary N) is 1. The summed E-state index contributed by atoms with van der Waals surface area (Å²) >= 11 is 0. The Balaban J connectivity index is 0.00000112. The minimum Gasteiger partial charge on any atom is -0.331 e. The van der Waals surface area contributed by atoms with Crippen LogP contribution in [0.25, 0.3) is 11.0 Å². The molecule has 0 saturated carbocycles. The highest BCUT2D eigenvalue weighted by molar-refractivity contribution is 5.85. The van der Waals surface area contributed by atoms with Crippen LogP contribution in [0.1, 0.15) is 5.69 Å². The molecule has 0 aliphatic rings. The van der Waals surface area contributed by atoms with E-state index < -0.39 is 0 Å². The third-order valence-corrected chi connectivity index (χ3v) is 2.29. The predicted octanol–water partition coefficient (Wildman–Crippen LogP) is 2.28. The highest BCUT2D eigenvalue weighted by atomic mass is 35.5. The quantitative estimate of drug-likeness (QED) is 0.903. The zero-order valence-corrected chi connectivity index (χ0v) is 10.7. The molecule has 0 bridgehead atoms. The van der Waals surface area contributed by atoms with E-state index in [-0.39, 0.29) is 30.6 Å². The normalized spacial score (nSPS) is 9.69. The predicted molar refractivity (Wildman–Crippen MR) is 67.9 cm³/mol. The highest BCUT2D eigenvalue weighted by Crippen LogP contribution is 2.17. The Kier molecular flexibility index (Phi) is 5.72. The van der Waals surface area contributed by atoms with Crippen LogP contribution in [-0.4, -0.2) is 16.6 Å². The third kappa shape index (κ3) is 2.64. The lowest BCUT2D eigenvalue weighted by Crippen LogP contribution is -2.08. The maximum absolute atomic E-state index is 12.9. The minimum atomic E-state index is -0.292. The van der Waals surface area contributed by atoms with E-state index >= 15 is 0 Å². The van der Waals surface area contributed by atoms with Crippen molar-refractivity contribution in [3.05, 3.63) is 29.8 Å². The van der Waals surface area contributed by atoms with E-state index in [4.69, 9.17) is 0 Å². The molecule has 0 unspecified atom stereocenters. The van der Waals surface area contributed by atoms with Crippen molar-refractivity contribution in [3.63, 3.8) is 0 Å². The van der Waals surface area contributed by atoms with Gasteiger partial charge >= 0.3 is 0 Å². The summed E-state index contributed by atoms with van der Waals surface area (Å²) in [6.07, 6.45) is 1.24. The fraction of sp³-hybridized carbons (Fsp3) is 0.300. The number of pyridine rings is 1. The molecule has 16 heavy (non-hydrogen) atoms. The first-order valence-corrected chi connectivity index (χ1v) is 4.47. The lowest BCUT2D eigenvalue weighted by Gasteiger charge is -2.01. The van der Waals surface area contributed by atoms with E-state index in [1.807, 2.05) is 24.7 Å². The second-order valence-electron chi connectivity index (χ2n) is 3.29. The summed E-state index contributed by atoms with van der Waals surface area (Å²) in [5.74, 6) is -0.292. The van der Waals surface area contributed by atoms with Crippen LogP contribution in [-0.2, 0) is 13.6 Å². The monoisotopic (exact) mass is 265 g/mol. The Morgan fingerprint density at radius 2 is 2.06 bits per heavy atom. The van der Waals surface area contributed by atoms with Crippen molar-refractivity contribution in [2.75, 3.05) is 7.05 Å². The molecule has 0 aliphatic carbocycles. The Morgan fingerprint density at radius 3 is 2.69 bits per heavy atom. The fourth-order valence-electron chi connectivity index (χ4n) is 1.60. The van der Waals surface area contributed by atoms with Crippen LogP contribution in [0.3, 0.4) is 0 Å². The summed E-state index contributed by atoms with van der Waals surface area (Å²) in [5, 5.41) is 3.90. The van der Waals surface area contributed by atoms with Crippen molar-refractivity contribution in [2.24, 2.45) is 7.05 Å². The summed E-state index contributed by atoms with van der Waals surface area (Å²) in [7, 11) is 3.81. The molecule has 0 spiro atoms. The molecule has 3 nitrogen and oxygen atoms in total. The molecule has 2 aromatic rings.